The summed E-state index contributed by atoms with van der Waals surface area (Å²) in [6, 6.07) is 0. The van der Waals surface area contributed by atoms with E-state index in [1.54, 1.807) is 7.11 Å². The smallest absolute Gasteiger partial charge is 0.358 e. The predicted octanol–water partition coefficient (Wildman–Crippen LogP) is -0.528. The molecular weight excluding hydrogens is 200 g/mol. The van der Waals surface area contributed by atoms with Crippen LogP contribution >= 0.6 is 0 Å². The lowest BCUT2D eigenvalue weighted by molar-refractivity contribution is 0.0689. The van der Waals surface area contributed by atoms with Crippen molar-refractivity contribution in [2.45, 2.75) is 19.5 Å². The molecule has 0 aliphatic rings. The van der Waals surface area contributed by atoms with E-state index < -0.39 is 5.97 Å². The van der Waals surface area contributed by atoms with Gasteiger partial charge in [0.15, 0.2) is 5.69 Å². The molecular formula is C8H14N4O3. The van der Waals surface area contributed by atoms with Crippen molar-refractivity contribution in [3.63, 3.8) is 0 Å². The van der Waals surface area contributed by atoms with Crippen molar-refractivity contribution in [3.05, 3.63) is 11.4 Å². The van der Waals surface area contributed by atoms with Gasteiger partial charge in [-0.15, -0.1) is 5.10 Å². The molecule has 1 heterocycles. The van der Waals surface area contributed by atoms with E-state index in [1.807, 2.05) is 0 Å². The number of methoxy groups -OCH3 is 1. The summed E-state index contributed by atoms with van der Waals surface area (Å²) in [5.41, 5.74) is 5.81. The Morgan fingerprint density at radius 1 is 1.67 bits per heavy atom. The minimum absolute atomic E-state index is 0.0742. The number of hydrogen-bond acceptors (Lipinski definition) is 5. The van der Waals surface area contributed by atoms with E-state index >= 15 is 0 Å². The quantitative estimate of drug-likeness (QED) is 0.617. The third kappa shape index (κ3) is 2.74. The average molecular weight is 214 g/mol. The molecule has 0 saturated heterocycles. The molecule has 0 bridgehead atoms. The van der Waals surface area contributed by atoms with Crippen molar-refractivity contribution in [3.8, 4) is 0 Å². The van der Waals surface area contributed by atoms with E-state index in [9.17, 15) is 4.79 Å². The fourth-order valence-corrected chi connectivity index (χ4v) is 1.24. The van der Waals surface area contributed by atoms with E-state index in [-0.39, 0.29) is 12.2 Å². The van der Waals surface area contributed by atoms with Crippen LogP contribution in [-0.4, -0.2) is 39.8 Å². The molecule has 84 valence electrons. The number of nitrogens with zero attached hydrogens (tertiary/aromatic N) is 3. The molecule has 0 atom stereocenters. The minimum Gasteiger partial charge on any atom is -0.476 e. The zero-order valence-electron chi connectivity index (χ0n) is 8.51. The number of nitrogens with two attached hydrogens (primary N) is 1. The lowest BCUT2D eigenvalue weighted by Gasteiger charge is -2.03. The van der Waals surface area contributed by atoms with Gasteiger partial charge in [-0.3, -0.25) is 0 Å². The highest BCUT2D eigenvalue weighted by Crippen LogP contribution is 2.05. The normalized spacial score (nSPS) is 10.5. The van der Waals surface area contributed by atoms with E-state index in [1.165, 1.54) is 4.68 Å². The second kappa shape index (κ2) is 5.42. The van der Waals surface area contributed by atoms with Gasteiger partial charge in [-0.2, -0.15) is 0 Å². The number of aryl methyl sites for hydroxylation is 1. The molecule has 0 fully saturated rings. The number of carbonyl (C=O) groups is 1. The molecule has 1 aromatic rings. The van der Waals surface area contributed by atoms with Crippen LogP contribution in [0.5, 0.6) is 0 Å². The van der Waals surface area contributed by atoms with Gasteiger partial charge in [-0.25, -0.2) is 9.48 Å². The van der Waals surface area contributed by atoms with Crippen molar-refractivity contribution in [2.24, 2.45) is 5.73 Å². The number of aromatic carboxylic acids is 1. The highest BCUT2D eigenvalue weighted by atomic mass is 16.5. The summed E-state index contributed by atoms with van der Waals surface area (Å²) in [4.78, 5) is 10.7. The summed E-state index contributed by atoms with van der Waals surface area (Å²) in [5.74, 6) is -1.10. The van der Waals surface area contributed by atoms with Crippen LogP contribution in [0.3, 0.4) is 0 Å². The Kier molecular flexibility index (Phi) is 4.19. The van der Waals surface area contributed by atoms with Crippen LogP contribution in [-0.2, 0) is 17.8 Å². The maximum absolute atomic E-state index is 10.7. The average Bonchev–Trinajstić information content (AvgIpc) is 2.61. The second-order valence-corrected chi connectivity index (χ2v) is 2.96. The van der Waals surface area contributed by atoms with Crippen molar-refractivity contribution in [1.29, 1.82) is 0 Å². The molecule has 0 aliphatic carbocycles. The number of carboxylic acid groups (broad SMARTS) is 1. The van der Waals surface area contributed by atoms with Gasteiger partial charge in [0.2, 0.25) is 0 Å². The first-order valence-electron chi connectivity index (χ1n) is 4.55. The van der Waals surface area contributed by atoms with Crippen molar-refractivity contribution in [2.75, 3.05) is 13.7 Å². The van der Waals surface area contributed by atoms with E-state index in [2.05, 4.69) is 10.3 Å². The summed E-state index contributed by atoms with van der Waals surface area (Å²) in [6.45, 7) is 1.26. The molecule has 7 nitrogen and oxygen atoms in total. The summed E-state index contributed by atoms with van der Waals surface area (Å²) in [5, 5.41) is 16.1. The summed E-state index contributed by atoms with van der Waals surface area (Å²) < 4.78 is 6.38. The van der Waals surface area contributed by atoms with Gasteiger partial charge in [0, 0.05) is 26.8 Å². The van der Waals surface area contributed by atoms with Crippen LogP contribution < -0.4 is 5.73 Å². The lowest BCUT2D eigenvalue weighted by atomic mass is 10.3. The third-order valence-corrected chi connectivity index (χ3v) is 1.95. The highest BCUT2D eigenvalue weighted by molar-refractivity contribution is 5.86. The predicted molar refractivity (Wildman–Crippen MR) is 51.4 cm³/mol. The SMILES string of the molecule is COCCCn1nnc(C(=O)O)c1CN. The van der Waals surface area contributed by atoms with Crippen LogP contribution in [0, 0.1) is 0 Å². The molecule has 0 aromatic carbocycles. The topological polar surface area (TPSA) is 103 Å². The Bertz CT molecular complexity index is 337. The first kappa shape index (κ1) is 11.6. The van der Waals surface area contributed by atoms with Gasteiger partial charge in [-0.05, 0) is 6.42 Å². The monoisotopic (exact) mass is 214 g/mol. The van der Waals surface area contributed by atoms with Gasteiger partial charge in [-0.1, -0.05) is 5.21 Å². The number of carboxylic acids is 1. The second-order valence-electron chi connectivity index (χ2n) is 2.96. The molecule has 1 rings (SSSR count). The lowest BCUT2D eigenvalue weighted by Crippen LogP contribution is -2.13. The number of ether oxygens (including phenoxy) is 1. The summed E-state index contributed by atoms with van der Waals surface area (Å²) >= 11 is 0. The highest BCUT2D eigenvalue weighted by Gasteiger charge is 2.16. The maximum atomic E-state index is 10.7. The summed E-state index contributed by atoms with van der Waals surface area (Å²) in [7, 11) is 1.61. The molecule has 0 amide bonds. The van der Waals surface area contributed by atoms with Crippen LogP contribution in [0.15, 0.2) is 0 Å². The van der Waals surface area contributed by atoms with Gasteiger partial charge in [0.1, 0.15) is 0 Å². The van der Waals surface area contributed by atoms with E-state index in [0.717, 1.165) is 6.42 Å². The Hall–Kier alpha value is -1.47. The zero-order valence-corrected chi connectivity index (χ0v) is 8.51. The molecule has 0 spiro atoms. The standard InChI is InChI=1S/C8H14N4O3/c1-15-4-2-3-12-6(5-9)7(8(13)14)10-11-12/h2-5,9H2,1H3,(H,13,14). The van der Waals surface area contributed by atoms with Crippen molar-refractivity contribution >= 4 is 5.97 Å². The molecule has 0 unspecified atom stereocenters. The van der Waals surface area contributed by atoms with Crippen molar-refractivity contribution < 1.29 is 14.6 Å². The van der Waals surface area contributed by atoms with Crippen LogP contribution in [0.2, 0.25) is 0 Å². The Balaban J connectivity index is 2.75. The molecule has 0 saturated carbocycles. The van der Waals surface area contributed by atoms with Crippen LogP contribution in [0.1, 0.15) is 22.6 Å². The minimum atomic E-state index is -1.10. The molecule has 7 heteroatoms. The largest absolute Gasteiger partial charge is 0.476 e. The molecule has 3 N–H and O–H groups in total. The van der Waals surface area contributed by atoms with Crippen LogP contribution in [0.25, 0.3) is 0 Å². The summed E-state index contributed by atoms with van der Waals surface area (Å²) in [6.07, 6.45) is 0.742. The Morgan fingerprint density at radius 2 is 2.40 bits per heavy atom. The van der Waals surface area contributed by atoms with E-state index in [4.69, 9.17) is 15.6 Å². The van der Waals surface area contributed by atoms with Gasteiger partial charge >= 0.3 is 5.97 Å². The first-order chi connectivity index (χ1) is 7.20. The van der Waals surface area contributed by atoms with Crippen molar-refractivity contribution in [1.82, 2.24) is 15.0 Å². The van der Waals surface area contributed by atoms with Gasteiger partial charge in [0.25, 0.3) is 0 Å². The van der Waals surface area contributed by atoms with Gasteiger partial charge < -0.3 is 15.6 Å². The molecule has 0 aliphatic heterocycles. The number of rotatable bonds is 6. The fraction of sp³-hybridized carbons (Fsp3) is 0.625. The molecule has 15 heavy (non-hydrogen) atoms. The zero-order chi connectivity index (χ0) is 11.3. The first-order valence-corrected chi connectivity index (χ1v) is 4.55. The fourth-order valence-electron chi connectivity index (χ4n) is 1.24. The maximum Gasteiger partial charge on any atom is 0.358 e. The van der Waals surface area contributed by atoms with Crippen LogP contribution in [0.4, 0.5) is 0 Å². The number of aromatic nitrogens is 3. The molecule has 1 aromatic heterocycles. The molecule has 0 radical (unpaired) electrons. The Morgan fingerprint density at radius 3 is 2.93 bits per heavy atom. The van der Waals surface area contributed by atoms with E-state index in [0.29, 0.717) is 18.8 Å². The van der Waals surface area contributed by atoms with Gasteiger partial charge in [0.05, 0.1) is 5.69 Å². The number of hydrogen-bond donors (Lipinski definition) is 2. The third-order valence-electron chi connectivity index (χ3n) is 1.95. The Labute approximate surface area is 86.8 Å².